The molecule has 0 amide bonds. The van der Waals surface area contributed by atoms with Crippen LogP contribution in [0.5, 0.6) is 0 Å². The second-order valence-corrected chi connectivity index (χ2v) is 5.56. The van der Waals surface area contributed by atoms with Gasteiger partial charge in [0.2, 0.25) is 0 Å². The smallest absolute Gasteiger partial charge is 0.154 e. The van der Waals surface area contributed by atoms with Gasteiger partial charge in [-0.15, -0.1) is 0 Å². The molecule has 0 N–H and O–H groups in total. The van der Waals surface area contributed by atoms with Crippen LogP contribution in [-0.4, -0.2) is 23.7 Å². The lowest BCUT2D eigenvalue weighted by Crippen LogP contribution is -2.43. The van der Waals surface area contributed by atoms with Crippen molar-refractivity contribution in [2.45, 2.75) is 46.0 Å². The summed E-state index contributed by atoms with van der Waals surface area (Å²) in [6, 6.07) is 6.43. The summed E-state index contributed by atoms with van der Waals surface area (Å²) in [6.45, 7) is 8.76. The van der Waals surface area contributed by atoms with E-state index in [9.17, 15) is 4.39 Å². The van der Waals surface area contributed by atoms with Crippen molar-refractivity contribution in [1.82, 2.24) is 0 Å². The minimum absolute atomic E-state index is 0.351. The van der Waals surface area contributed by atoms with Crippen molar-refractivity contribution >= 4 is 11.6 Å². The minimum Gasteiger partial charge on any atom is -0.311 e. The Morgan fingerprint density at radius 1 is 1.33 bits per heavy atom. The molecule has 3 rings (SSSR count). The summed E-state index contributed by atoms with van der Waals surface area (Å²) >= 11 is 6.26. The van der Waals surface area contributed by atoms with E-state index in [-0.39, 0.29) is 0 Å². The van der Waals surface area contributed by atoms with E-state index in [0.717, 1.165) is 22.6 Å². The molecule has 1 aromatic rings. The molecular weight excluding hydrogens is 249 g/mol. The van der Waals surface area contributed by atoms with Crippen LogP contribution in [0.3, 0.4) is 0 Å². The molecule has 1 saturated heterocycles. The van der Waals surface area contributed by atoms with Crippen LogP contribution in [0.4, 0.5) is 4.39 Å². The zero-order valence-electron chi connectivity index (χ0n) is 11.4. The van der Waals surface area contributed by atoms with Crippen LogP contribution in [0.2, 0.25) is 5.02 Å². The van der Waals surface area contributed by atoms with E-state index in [0.29, 0.717) is 19.0 Å². The molecular formula is C15H22ClFN+. The molecule has 0 radical (unpaired) electrons. The monoisotopic (exact) mass is 270 g/mol. The third kappa shape index (κ3) is 2.06. The van der Waals surface area contributed by atoms with Gasteiger partial charge in [-0.2, -0.15) is 0 Å². The first kappa shape index (κ1) is 13.8. The van der Waals surface area contributed by atoms with Gasteiger partial charge in [0.25, 0.3) is 0 Å². The summed E-state index contributed by atoms with van der Waals surface area (Å²) < 4.78 is 14.3. The van der Waals surface area contributed by atoms with E-state index >= 15 is 0 Å². The molecule has 1 aromatic carbocycles. The van der Waals surface area contributed by atoms with Crippen LogP contribution in [0, 0.1) is 0 Å². The number of fused-ring (bicyclic) bond motifs is 1. The van der Waals surface area contributed by atoms with E-state index in [4.69, 9.17) is 11.6 Å². The molecule has 0 saturated carbocycles. The maximum absolute atomic E-state index is 13.5. The second-order valence-electron chi connectivity index (χ2n) is 5.16. The average molecular weight is 271 g/mol. The van der Waals surface area contributed by atoms with Crippen LogP contribution in [0.25, 0.3) is 0 Å². The maximum Gasteiger partial charge on any atom is 0.154 e. The average Bonchev–Trinajstić information content (AvgIpc) is 2.86. The van der Waals surface area contributed by atoms with Gasteiger partial charge in [-0.05, 0) is 13.0 Å². The number of rotatable bonds is 0. The number of benzene rings is 1. The van der Waals surface area contributed by atoms with E-state index in [1.54, 1.807) is 0 Å². The predicted molar refractivity (Wildman–Crippen MR) is 74.4 cm³/mol. The fourth-order valence-corrected chi connectivity index (χ4v) is 3.76. The van der Waals surface area contributed by atoms with Crippen LogP contribution in [-0.2, 0) is 6.54 Å². The normalized spacial score (nSPS) is 33.2. The van der Waals surface area contributed by atoms with Crippen molar-refractivity contribution in [1.29, 1.82) is 0 Å². The first-order valence-electron chi connectivity index (χ1n) is 6.89. The first-order chi connectivity index (χ1) is 8.62. The van der Waals surface area contributed by atoms with Gasteiger partial charge in [-0.3, -0.25) is 0 Å². The van der Waals surface area contributed by atoms with E-state index in [1.165, 1.54) is 11.1 Å². The third-order valence-corrected chi connectivity index (χ3v) is 4.65. The quantitative estimate of drug-likeness (QED) is 0.609. The summed E-state index contributed by atoms with van der Waals surface area (Å²) in [5.74, 6) is 0. The Labute approximate surface area is 114 Å². The van der Waals surface area contributed by atoms with E-state index in [1.807, 2.05) is 26.0 Å². The molecule has 1 fully saturated rings. The Bertz CT molecular complexity index is 435. The number of hydrogen-bond donors (Lipinski definition) is 0. The Hall–Kier alpha value is -0.600. The Morgan fingerprint density at radius 3 is 2.61 bits per heavy atom. The summed E-state index contributed by atoms with van der Waals surface area (Å²) in [5.41, 5.74) is 2.56. The van der Waals surface area contributed by atoms with Gasteiger partial charge in [-0.1, -0.05) is 37.6 Å². The Balaban J connectivity index is 0.000000574. The molecule has 0 aliphatic carbocycles. The van der Waals surface area contributed by atoms with Gasteiger partial charge < -0.3 is 4.48 Å². The van der Waals surface area contributed by atoms with Gasteiger partial charge in [0, 0.05) is 17.5 Å². The minimum atomic E-state index is -0.629. The summed E-state index contributed by atoms with van der Waals surface area (Å²) in [5, 5.41) is 0.849. The molecule has 0 bridgehead atoms. The SMILES string of the molecule is CC.CC1c2c(Cl)cccc2C[N+]12CCC(F)C2. The van der Waals surface area contributed by atoms with Crippen LogP contribution >= 0.6 is 11.6 Å². The van der Waals surface area contributed by atoms with Crippen molar-refractivity contribution in [3.05, 3.63) is 34.3 Å². The molecule has 2 heterocycles. The molecule has 3 heteroatoms. The van der Waals surface area contributed by atoms with Gasteiger partial charge in [0.1, 0.15) is 19.1 Å². The van der Waals surface area contributed by atoms with Crippen molar-refractivity contribution in [3.63, 3.8) is 0 Å². The number of halogens is 2. The van der Waals surface area contributed by atoms with Crippen molar-refractivity contribution in [3.8, 4) is 0 Å². The number of quaternary nitrogens is 1. The molecule has 2 aliphatic rings. The lowest BCUT2D eigenvalue weighted by Gasteiger charge is -2.34. The molecule has 100 valence electrons. The highest BCUT2D eigenvalue weighted by Crippen LogP contribution is 2.46. The summed E-state index contributed by atoms with van der Waals surface area (Å²) in [6.07, 6.45) is 0.0752. The molecule has 3 unspecified atom stereocenters. The Morgan fingerprint density at radius 2 is 2.06 bits per heavy atom. The molecule has 18 heavy (non-hydrogen) atoms. The number of hydrogen-bond acceptors (Lipinski definition) is 0. The zero-order valence-corrected chi connectivity index (χ0v) is 12.2. The maximum atomic E-state index is 13.5. The second kappa shape index (κ2) is 5.18. The zero-order chi connectivity index (χ0) is 13.3. The molecule has 3 atom stereocenters. The largest absolute Gasteiger partial charge is 0.311 e. The summed E-state index contributed by atoms with van der Waals surface area (Å²) in [7, 11) is 0. The van der Waals surface area contributed by atoms with Gasteiger partial charge in [-0.25, -0.2) is 4.39 Å². The van der Waals surface area contributed by atoms with Gasteiger partial charge in [0.15, 0.2) is 6.17 Å². The first-order valence-corrected chi connectivity index (χ1v) is 7.27. The highest BCUT2D eigenvalue weighted by atomic mass is 35.5. The molecule has 2 aliphatic heterocycles. The van der Waals surface area contributed by atoms with Crippen molar-refractivity contribution < 1.29 is 8.87 Å². The summed E-state index contributed by atoms with van der Waals surface area (Å²) in [4.78, 5) is 0. The predicted octanol–water partition coefficient (Wildman–Crippen LogP) is 4.50. The lowest BCUT2D eigenvalue weighted by molar-refractivity contribution is -0.951. The lowest BCUT2D eigenvalue weighted by atomic mass is 10.1. The number of alkyl halides is 1. The van der Waals surface area contributed by atoms with Crippen LogP contribution in [0.1, 0.15) is 44.4 Å². The molecule has 1 nitrogen and oxygen atoms in total. The Kier molecular flexibility index (Phi) is 3.98. The topological polar surface area (TPSA) is 0 Å². The highest BCUT2D eigenvalue weighted by Gasteiger charge is 2.48. The van der Waals surface area contributed by atoms with Crippen LogP contribution in [0.15, 0.2) is 18.2 Å². The molecule has 0 aromatic heterocycles. The fraction of sp³-hybridized carbons (Fsp3) is 0.600. The standard InChI is InChI=1S/C13H16ClFN.C2H6/c1-9-13-10(3-2-4-12(13)14)7-16(9)6-5-11(15)8-16;1-2/h2-4,9,11H,5-8H2,1H3;1-2H3/q+1;. The number of nitrogens with zero attached hydrogens (tertiary/aromatic N) is 1. The fourth-order valence-electron chi connectivity index (χ4n) is 3.41. The van der Waals surface area contributed by atoms with E-state index < -0.39 is 6.17 Å². The highest BCUT2D eigenvalue weighted by molar-refractivity contribution is 6.31. The van der Waals surface area contributed by atoms with Gasteiger partial charge >= 0.3 is 0 Å². The van der Waals surface area contributed by atoms with Crippen molar-refractivity contribution in [2.24, 2.45) is 0 Å². The van der Waals surface area contributed by atoms with Crippen LogP contribution < -0.4 is 0 Å². The van der Waals surface area contributed by atoms with Crippen molar-refractivity contribution in [2.75, 3.05) is 13.1 Å². The molecule has 1 spiro atoms. The van der Waals surface area contributed by atoms with E-state index in [2.05, 4.69) is 13.0 Å². The third-order valence-electron chi connectivity index (χ3n) is 4.32. The van der Waals surface area contributed by atoms with Gasteiger partial charge in [0.05, 0.1) is 11.6 Å².